The molecule has 0 amide bonds. The molecule has 1 saturated heterocycles. The van der Waals surface area contributed by atoms with Crippen LogP contribution >= 0.6 is 0 Å². The summed E-state index contributed by atoms with van der Waals surface area (Å²) < 4.78 is 20.5. The van der Waals surface area contributed by atoms with Gasteiger partial charge in [0.25, 0.3) is 5.56 Å². The normalized spacial score (nSPS) is 20.5. The van der Waals surface area contributed by atoms with Crippen molar-refractivity contribution in [2.75, 3.05) is 31.1 Å². The van der Waals surface area contributed by atoms with Crippen molar-refractivity contribution in [3.8, 4) is 5.88 Å². The number of hydrogen-bond donors (Lipinski definition) is 2. The van der Waals surface area contributed by atoms with Crippen molar-refractivity contribution in [3.05, 3.63) is 27.9 Å². The van der Waals surface area contributed by atoms with E-state index < -0.39 is 5.82 Å². The van der Waals surface area contributed by atoms with E-state index in [-0.39, 0.29) is 17.1 Å². The summed E-state index contributed by atoms with van der Waals surface area (Å²) in [5.74, 6) is -0.0497. The number of halogens is 1. The van der Waals surface area contributed by atoms with Gasteiger partial charge in [0.1, 0.15) is 6.61 Å². The number of aromatic amines is 1. The summed E-state index contributed by atoms with van der Waals surface area (Å²) in [7, 11) is 0. The highest BCUT2D eigenvalue weighted by atomic mass is 19.1. The predicted molar refractivity (Wildman–Crippen MR) is 81.2 cm³/mol. The molecule has 1 atom stereocenters. The van der Waals surface area contributed by atoms with Crippen LogP contribution in [0.25, 0.3) is 10.9 Å². The first-order valence-corrected chi connectivity index (χ1v) is 7.54. The number of aromatic nitrogens is 2. The summed E-state index contributed by atoms with van der Waals surface area (Å²) in [5, 5.41) is 3.89. The average Bonchev–Trinajstić information content (AvgIpc) is 2.68. The number of nitrogens with one attached hydrogen (secondary N) is 2. The Bertz CT molecular complexity index is 804. The lowest BCUT2D eigenvalue weighted by atomic mass is 10.1. The minimum absolute atomic E-state index is 0.112. The molecule has 0 radical (unpaired) electrons. The molecule has 6 nitrogen and oxygen atoms in total. The third kappa shape index (κ3) is 1.89. The van der Waals surface area contributed by atoms with Gasteiger partial charge in [-0.15, -0.1) is 0 Å². The molecule has 1 fully saturated rings. The van der Waals surface area contributed by atoms with Gasteiger partial charge in [-0.3, -0.25) is 4.79 Å². The first-order chi connectivity index (χ1) is 10.7. The highest BCUT2D eigenvalue weighted by Gasteiger charge is 2.31. The highest BCUT2D eigenvalue weighted by molar-refractivity contribution is 5.96. The number of nitrogens with zero attached hydrogens (tertiary/aromatic N) is 2. The number of piperazine rings is 1. The smallest absolute Gasteiger partial charge is 0.250 e. The summed E-state index contributed by atoms with van der Waals surface area (Å²) in [5.41, 5.74) is 0.920. The van der Waals surface area contributed by atoms with Gasteiger partial charge in [0, 0.05) is 25.7 Å². The molecule has 2 aliphatic heterocycles. The van der Waals surface area contributed by atoms with Gasteiger partial charge in [0.2, 0.25) is 5.88 Å². The van der Waals surface area contributed by atoms with E-state index in [9.17, 15) is 9.18 Å². The number of H-pyrrole nitrogens is 1. The van der Waals surface area contributed by atoms with Gasteiger partial charge in [0.05, 0.1) is 28.3 Å². The van der Waals surface area contributed by atoms with Gasteiger partial charge in [-0.1, -0.05) is 6.92 Å². The Morgan fingerprint density at radius 2 is 2.41 bits per heavy atom. The van der Waals surface area contributed by atoms with Crippen LogP contribution in [0, 0.1) is 5.82 Å². The second-order valence-electron chi connectivity index (χ2n) is 5.66. The van der Waals surface area contributed by atoms with Crippen LogP contribution < -0.4 is 20.5 Å². The summed E-state index contributed by atoms with van der Waals surface area (Å²) in [6.07, 6.45) is 0.444. The van der Waals surface area contributed by atoms with Crippen molar-refractivity contribution >= 4 is 16.6 Å². The van der Waals surface area contributed by atoms with Crippen LogP contribution in [0.5, 0.6) is 5.88 Å². The van der Waals surface area contributed by atoms with Gasteiger partial charge in [-0.25, -0.2) is 9.37 Å². The minimum Gasteiger partial charge on any atom is -0.475 e. The Labute approximate surface area is 126 Å². The molecule has 4 rings (SSSR count). The van der Waals surface area contributed by atoms with E-state index >= 15 is 0 Å². The van der Waals surface area contributed by atoms with Crippen LogP contribution in [0.2, 0.25) is 0 Å². The number of rotatable bonds is 1. The Balaban J connectivity index is 2.06. The van der Waals surface area contributed by atoms with E-state index in [4.69, 9.17) is 4.74 Å². The number of fused-ring (bicyclic) bond motifs is 2. The lowest BCUT2D eigenvalue weighted by Crippen LogP contribution is -2.53. The monoisotopic (exact) mass is 304 g/mol. The third-order valence-electron chi connectivity index (χ3n) is 4.35. The number of hydrogen-bond acceptors (Lipinski definition) is 5. The van der Waals surface area contributed by atoms with Crippen molar-refractivity contribution < 1.29 is 9.13 Å². The Morgan fingerprint density at radius 1 is 1.55 bits per heavy atom. The van der Waals surface area contributed by atoms with Crippen molar-refractivity contribution in [2.24, 2.45) is 0 Å². The van der Waals surface area contributed by atoms with Crippen LogP contribution in [-0.4, -0.2) is 42.3 Å². The van der Waals surface area contributed by atoms with Gasteiger partial charge in [-0.05, 0) is 6.42 Å². The molecule has 7 heteroatoms. The van der Waals surface area contributed by atoms with E-state index in [0.717, 1.165) is 19.6 Å². The van der Waals surface area contributed by atoms with Crippen LogP contribution in [0.3, 0.4) is 0 Å². The standard InChI is InChI=1S/C15H17FN4O2/c1-2-9-13(16)14-12-10(5-11(21)19-14)20-4-3-17-6-8(20)7-22-15(12)18-9/h5,8,17H,2-4,6-7H2,1H3,(H,19,21)/t8-/m0/s1. The number of aryl methyl sites for hydroxylation is 1. The van der Waals surface area contributed by atoms with E-state index in [2.05, 4.69) is 20.2 Å². The first-order valence-electron chi connectivity index (χ1n) is 7.54. The van der Waals surface area contributed by atoms with Crippen LogP contribution in [0.1, 0.15) is 12.6 Å². The molecular formula is C15H17FN4O2. The quantitative estimate of drug-likeness (QED) is 0.815. The zero-order chi connectivity index (χ0) is 15.3. The molecule has 2 aromatic rings. The largest absolute Gasteiger partial charge is 0.475 e. The number of ether oxygens (including phenoxy) is 1. The van der Waals surface area contributed by atoms with Crippen molar-refractivity contribution in [3.63, 3.8) is 0 Å². The Hall–Kier alpha value is -2.15. The topological polar surface area (TPSA) is 70.2 Å². The zero-order valence-electron chi connectivity index (χ0n) is 12.3. The van der Waals surface area contributed by atoms with Gasteiger partial charge < -0.3 is 19.9 Å². The average molecular weight is 304 g/mol. The van der Waals surface area contributed by atoms with Crippen molar-refractivity contribution in [2.45, 2.75) is 19.4 Å². The molecule has 2 aliphatic rings. The molecule has 0 saturated carbocycles. The molecule has 0 aromatic carbocycles. The lowest BCUT2D eigenvalue weighted by molar-refractivity contribution is 0.265. The molecule has 2 N–H and O–H groups in total. The van der Waals surface area contributed by atoms with Gasteiger partial charge in [0.15, 0.2) is 5.82 Å². The molecule has 0 spiro atoms. The Kier molecular flexibility index (Phi) is 3.04. The third-order valence-corrected chi connectivity index (χ3v) is 4.35. The van der Waals surface area contributed by atoms with Gasteiger partial charge in [-0.2, -0.15) is 0 Å². The number of pyridine rings is 2. The van der Waals surface area contributed by atoms with Gasteiger partial charge >= 0.3 is 0 Å². The molecule has 22 heavy (non-hydrogen) atoms. The van der Waals surface area contributed by atoms with Crippen LogP contribution in [0.15, 0.2) is 10.9 Å². The molecular weight excluding hydrogens is 287 g/mol. The lowest BCUT2D eigenvalue weighted by Gasteiger charge is -2.36. The summed E-state index contributed by atoms with van der Waals surface area (Å²) in [6, 6.07) is 1.63. The summed E-state index contributed by atoms with van der Waals surface area (Å²) >= 11 is 0. The summed E-state index contributed by atoms with van der Waals surface area (Å²) in [6.45, 7) is 4.64. The second kappa shape index (κ2) is 4.95. The molecule has 4 heterocycles. The fourth-order valence-corrected chi connectivity index (χ4v) is 3.27. The first kappa shape index (κ1) is 13.5. The zero-order valence-corrected chi connectivity index (χ0v) is 12.3. The highest BCUT2D eigenvalue weighted by Crippen LogP contribution is 2.37. The fourth-order valence-electron chi connectivity index (χ4n) is 3.27. The molecule has 0 bridgehead atoms. The van der Waals surface area contributed by atoms with Crippen molar-refractivity contribution in [1.29, 1.82) is 0 Å². The fraction of sp³-hybridized carbons (Fsp3) is 0.467. The maximum atomic E-state index is 14.6. The predicted octanol–water partition coefficient (Wildman–Crippen LogP) is 0.795. The summed E-state index contributed by atoms with van der Waals surface area (Å²) in [4.78, 5) is 21.1. The van der Waals surface area contributed by atoms with E-state index in [1.165, 1.54) is 6.07 Å². The molecule has 0 unspecified atom stereocenters. The van der Waals surface area contributed by atoms with E-state index in [1.54, 1.807) is 0 Å². The van der Waals surface area contributed by atoms with E-state index in [1.807, 2.05) is 6.92 Å². The van der Waals surface area contributed by atoms with Crippen LogP contribution in [0.4, 0.5) is 10.1 Å². The maximum absolute atomic E-state index is 14.6. The maximum Gasteiger partial charge on any atom is 0.250 e. The second-order valence-corrected chi connectivity index (χ2v) is 5.66. The van der Waals surface area contributed by atoms with Crippen molar-refractivity contribution in [1.82, 2.24) is 15.3 Å². The van der Waals surface area contributed by atoms with E-state index in [0.29, 0.717) is 35.7 Å². The number of anilines is 1. The van der Waals surface area contributed by atoms with Crippen LogP contribution in [-0.2, 0) is 6.42 Å². The Morgan fingerprint density at radius 3 is 3.23 bits per heavy atom. The minimum atomic E-state index is -0.461. The molecule has 0 aliphatic carbocycles. The molecule has 2 aromatic heterocycles. The SMILES string of the molecule is CCc1nc2c3c(cc(=O)[nH]c3c1F)N1CCNC[C@H]1CO2. The molecule has 116 valence electrons.